The van der Waals surface area contributed by atoms with Gasteiger partial charge in [-0.3, -0.25) is 9.36 Å². The van der Waals surface area contributed by atoms with Gasteiger partial charge in [0, 0.05) is 39.0 Å². The van der Waals surface area contributed by atoms with Gasteiger partial charge in [0.15, 0.2) is 0 Å². The van der Waals surface area contributed by atoms with Crippen LogP contribution >= 0.6 is 0 Å². The van der Waals surface area contributed by atoms with Gasteiger partial charge in [0.2, 0.25) is 0 Å². The second-order valence-electron chi connectivity index (χ2n) is 14.0. The monoisotopic (exact) mass is 674 g/mol. The highest BCUT2D eigenvalue weighted by Crippen LogP contribution is 2.50. The highest BCUT2D eigenvalue weighted by molar-refractivity contribution is 7.00. The van der Waals surface area contributed by atoms with Crippen LogP contribution in [0.2, 0.25) is 0 Å². The highest BCUT2D eigenvalue weighted by Gasteiger charge is 2.42. The fraction of sp³-hybridized carbons (Fsp3) is 0. The third-order valence-corrected chi connectivity index (χ3v) is 11.2. The Hall–Kier alpha value is -6.91. The van der Waals surface area contributed by atoms with E-state index in [0.717, 1.165) is 83.2 Å². The Labute approximate surface area is 307 Å². The Morgan fingerprint density at radius 3 is 1.55 bits per heavy atom. The van der Waals surface area contributed by atoms with Gasteiger partial charge in [-0.25, -0.2) is 0 Å². The number of benzene rings is 8. The molecule has 246 valence electrons. The molecular formula is C49H31BN2O. The van der Waals surface area contributed by atoms with Crippen LogP contribution in [-0.2, 0) is 0 Å². The van der Waals surface area contributed by atoms with E-state index >= 15 is 0 Å². The number of rotatable bonds is 4. The molecule has 0 radical (unpaired) electrons. The molecule has 11 rings (SSSR count). The van der Waals surface area contributed by atoms with E-state index in [2.05, 4.69) is 175 Å². The fourth-order valence-electron chi connectivity index (χ4n) is 8.96. The quantitative estimate of drug-likeness (QED) is 0.137. The molecule has 53 heavy (non-hydrogen) atoms. The van der Waals surface area contributed by atoms with Gasteiger partial charge in [-0.15, -0.1) is 0 Å². The standard InChI is InChI=1S/C49H31BN2O/c53-49-38-23-11-10-22-36(38)37-28-29-45-46-48(37)52(49)44-27-15-13-25-42(44)50(46)41-24-12-14-26-43(41)51(45)47-39(33-18-6-2-7-19-33)30-35(32-16-4-1-5-17-32)31-40(47)34-20-8-3-9-21-34/h1-31H. The third-order valence-electron chi connectivity index (χ3n) is 11.2. The number of hydrogen-bond acceptors (Lipinski definition) is 2. The van der Waals surface area contributed by atoms with Crippen LogP contribution < -0.4 is 26.8 Å². The topological polar surface area (TPSA) is 25.2 Å². The normalized spacial score (nSPS) is 12.5. The van der Waals surface area contributed by atoms with Crippen molar-refractivity contribution in [3.63, 3.8) is 0 Å². The lowest BCUT2D eigenvalue weighted by Crippen LogP contribution is -2.61. The number of aromatic nitrogens is 1. The molecule has 9 aromatic rings. The number of hydrogen-bond donors (Lipinski definition) is 0. The van der Waals surface area contributed by atoms with Gasteiger partial charge in [0.25, 0.3) is 12.3 Å². The molecule has 0 bridgehead atoms. The van der Waals surface area contributed by atoms with Crippen molar-refractivity contribution in [3.8, 4) is 39.1 Å². The van der Waals surface area contributed by atoms with E-state index in [1.165, 1.54) is 11.0 Å². The van der Waals surface area contributed by atoms with Crippen molar-refractivity contribution < 1.29 is 0 Å². The van der Waals surface area contributed by atoms with Crippen molar-refractivity contribution in [3.05, 3.63) is 198 Å². The van der Waals surface area contributed by atoms with Crippen molar-refractivity contribution >= 4 is 61.8 Å². The van der Waals surface area contributed by atoms with Crippen molar-refractivity contribution in [2.24, 2.45) is 0 Å². The molecule has 3 nitrogen and oxygen atoms in total. The summed E-state index contributed by atoms with van der Waals surface area (Å²) >= 11 is 0. The van der Waals surface area contributed by atoms with Gasteiger partial charge in [-0.2, -0.15) is 0 Å². The molecule has 4 heteroatoms. The maximum Gasteiger partial charge on any atom is 0.263 e. The molecule has 0 unspecified atom stereocenters. The van der Waals surface area contributed by atoms with E-state index in [9.17, 15) is 4.79 Å². The van der Waals surface area contributed by atoms with Crippen LogP contribution in [0, 0.1) is 0 Å². The minimum absolute atomic E-state index is 0.0139. The van der Waals surface area contributed by atoms with Gasteiger partial charge in [0.1, 0.15) is 0 Å². The zero-order valence-electron chi connectivity index (χ0n) is 28.8. The smallest absolute Gasteiger partial charge is 0.263 e. The summed E-state index contributed by atoms with van der Waals surface area (Å²) in [6, 6.07) is 66.8. The van der Waals surface area contributed by atoms with E-state index in [4.69, 9.17) is 0 Å². The molecule has 0 aliphatic carbocycles. The highest BCUT2D eigenvalue weighted by atomic mass is 16.1. The summed E-state index contributed by atoms with van der Waals surface area (Å²) in [5, 5.41) is 2.80. The van der Waals surface area contributed by atoms with Crippen LogP contribution in [0.3, 0.4) is 0 Å². The molecule has 0 saturated carbocycles. The van der Waals surface area contributed by atoms with Crippen LogP contribution in [0.4, 0.5) is 17.1 Å². The van der Waals surface area contributed by atoms with Gasteiger partial charge in [-0.05, 0) is 80.4 Å². The van der Waals surface area contributed by atoms with Crippen molar-refractivity contribution in [1.29, 1.82) is 0 Å². The van der Waals surface area contributed by atoms with Gasteiger partial charge < -0.3 is 4.90 Å². The van der Waals surface area contributed by atoms with E-state index < -0.39 is 0 Å². The summed E-state index contributed by atoms with van der Waals surface area (Å²) in [6.45, 7) is -0.0538. The first-order valence-electron chi connectivity index (χ1n) is 18.2. The molecule has 2 aliphatic rings. The Morgan fingerprint density at radius 1 is 0.396 bits per heavy atom. The Balaban J connectivity index is 1.33. The second-order valence-corrected chi connectivity index (χ2v) is 14.0. The minimum atomic E-state index is -0.0538. The van der Waals surface area contributed by atoms with Crippen molar-refractivity contribution in [2.75, 3.05) is 4.90 Å². The SMILES string of the molecule is O=c1c2ccccc2c2ccc3c4c2n1-c1ccccc1B4c1ccccc1N3c1c(-c2ccccc2)cc(-c2ccccc2)cc1-c1ccccc1. The molecule has 1 aromatic heterocycles. The van der Waals surface area contributed by atoms with Gasteiger partial charge in [0.05, 0.1) is 11.2 Å². The Kier molecular flexibility index (Phi) is 6.50. The summed E-state index contributed by atoms with van der Waals surface area (Å²) < 4.78 is 1.99. The average molecular weight is 675 g/mol. The summed E-state index contributed by atoms with van der Waals surface area (Å²) in [5.74, 6) is 0. The van der Waals surface area contributed by atoms with E-state index in [1.54, 1.807) is 0 Å². The summed E-state index contributed by atoms with van der Waals surface area (Å²) in [5.41, 5.74) is 15.7. The van der Waals surface area contributed by atoms with Gasteiger partial charge in [-0.1, -0.05) is 152 Å². The van der Waals surface area contributed by atoms with Crippen LogP contribution in [0.5, 0.6) is 0 Å². The zero-order chi connectivity index (χ0) is 35.0. The van der Waals surface area contributed by atoms with Crippen LogP contribution in [-0.4, -0.2) is 11.3 Å². The van der Waals surface area contributed by atoms with Crippen LogP contribution in [0.1, 0.15) is 0 Å². The van der Waals surface area contributed by atoms with Crippen molar-refractivity contribution in [2.45, 2.75) is 0 Å². The summed E-state index contributed by atoms with van der Waals surface area (Å²) in [7, 11) is 0. The lowest BCUT2D eigenvalue weighted by molar-refractivity contribution is 1.07. The first-order chi connectivity index (χ1) is 26.3. The molecule has 0 N–H and O–H groups in total. The average Bonchev–Trinajstić information content (AvgIpc) is 3.24. The molecule has 0 spiro atoms. The number of fused-ring (bicyclic) bond motifs is 7. The predicted octanol–water partition coefficient (Wildman–Crippen LogP) is 9.76. The maximum absolute atomic E-state index is 14.6. The first kappa shape index (κ1) is 29.8. The molecule has 3 heterocycles. The van der Waals surface area contributed by atoms with E-state index in [0.29, 0.717) is 0 Å². The Bertz CT molecular complexity index is 2910. The summed E-state index contributed by atoms with van der Waals surface area (Å²) in [6.07, 6.45) is 0. The van der Waals surface area contributed by atoms with E-state index in [1.807, 2.05) is 22.8 Å². The third kappa shape index (κ3) is 4.33. The van der Waals surface area contributed by atoms with Crippen LogP contribution in [0.25, 0.3) is 60.7 Å². The number of pyridine rings is 1. The number of para-hydroxylation sites is 2. The molecule has 0 amide bonds. The number of nitrogens with zero attached hydrogens (tertiary/aromatic N) is 2. The number of anilines is 3. The molecule has 0 saturated heterocycles. The largest absolute Gasteiger partial charge is 0.310 e. The lowest BCUT2D eigenvalue weighted by Gasteiger charge is -2.42. The predicted molar refractivity (Wildman–Crippen MR) is 223 cm³/mol. The lowest BCUT2D eigenvalue weighted by atomic mass is 9.33. The molecule has 0 fully saturated rings. The minimum Gasteiger partial charge on any atom is -0.310 e. The first-order valence-corrected chi connectivity index (χ1v) is 18.2. The molecular weight excluding hydrogens is 643 g/mol. The van der Waals surface area contributed by atoms with Crippen LogP contribution in [0.15, 0.2) is 193 Å². The molecule has 0 atom stereocenters. The van der Waals surface area contributed by atoms with Crippen molar-refractivity contribution in [1.82, 2.24) is 4.57 Å². The fourth-order valence-corrected chi connectivity index (χ4v) is 8.96. The maximum atomic E-state index is 14.6. The Morgan fingerprint density at radius 2 is 0.906 bits per heavy atom. The second kappa shape index (κ2) is 11.6. The van der Waals surface area contributed by atoms with E-state index in [-0.39, 0.29) is 12.3 Å². The zero-order valence-corrected chi connectivity index (χ0v) is 28.8. The molecule has 8 aromatic carbocycles. The summed E-state index contributed by atoms with van der Waals surface area (Å²) in [4.78, 5) is 17.1. The molecule has 2 aliphatic heterocycles. The van der Waals surface area contributed by atoms with Gasteiger partial charge >= 0.3 is 0 Å².